The standard InChI is InChI=1S/C14H9ClF3N5O2S/c15-9-8(14(16,17)18)3-7-10-11(9)26-5-6(23-2-1-19-21-23)4-22(10)13(25)20-12(7)24/h1-3,6H,4-5H2,(H,20,24,25)/t6-/m0/s1. The van der Waals surface area contributed by atoms with Gasteiger partial charge in [-0.2, -0.15) is 18.2 Å². The molecule has 1 aromatic carbocycles. The molecular weight excluding hydrogens is 395 g/mol. The van der Waals surface area contributed by atoms with E-state index in [4.69, 9.17) is 11.6 Å². The van der Waals surface area contributed by atoms with Crippen molar-refractivity contribution in [1.82, 2.24) is 24.5 Å². The fraction of sp³-hybridized carbons (Fsp3) is 0.286. The molecular formula is C14H9ClF3N5O2S. The Morgan fingerprint density at radius 2 is 2.15 bits per heavy atom. The first-order chi connectivity index (χ1) is 12.3. The Balaban J connectivity index is 2.03. The molecule has 0 saturated carbocycles. The minimum absolute atomic E-state index is 0.0777. The number of hydrogen-bond donors (Lipinski definition) is 1. The molecule has 0 saturated heterocycles. The third-order valence-electron chi connectivity index (χ3n) is 4.07. The molecule has 3 heterocycles. The molecule has 26 heavy (non-hydrogen) atoms. The lowest BCUT2D eigenvalue weighted by Crippen LogP contribution is -2.28. The molecule has 7 nitrogen and oxygen atoms in total. The average molecular weight is 404 g/mol. The highest BCUT2D eigenvalue weighted by atomic mass is 35.5. The number of aromatic nitrogens is 5. The van der Waals surface area contributed by atoms with Crippen LogP contribution >= 0.6 is 23.4 Å². The number of aromatic hydroxyl groups is 1. The van der Waals surface area contributed by atoms with E-state index in [1.165, 1.54) is 15.4 Å². The van der Waals surface area contributed by atoms with Crippen molar-refractivity contribution < 1.29 is 18.3 Å². The maximum atomic E-state index is 13.3. The van der Waals surface area contributed by atoms with Gasteiger partial charge in [-0.3, -0.25) is 4.57 Å². The summed E-state index contributed by atoms with van der Waals surface area (Å²) in [5.74, 6) is -0.453. The van der Waals surface area contributed by atoms with Crippen LogP contribution < -0.4 is 5.69 Å². The molecule has 12 heteroatoms. The first-order valence-corrected chi connectivity index (χ1v) is 8.65. The van der Waals surface area contributed by atoms with Crippen molar-refractivity contribution in [3.63, 3.8) is 0 Å². The number of benzene rings is 1. The summed E-state index contributed by atoms with van der Waals surface area (Å²) >= 11 is 7.10. The van der Waals surface area contributed by atoms with Gasteiger partial charge in [-0.1, -0.05) is 16.8 Å². The first kappa shape index (κ1) is 17.2. The second-order valence-corrected chi connectivity index (χ2v) is 7.05. The fourth-order valence-electron chi connectivity index (χ4n) is 2.89. The molecule has 2 aromatic heterocycles. The maximum absolute atomic E-state index is 13.3. The van der Waals surface area contributed by atoms with Crippen molar-refractivity contribution in [3.05, 3.63) is 39.5 Å². The average Bonchev–Trinajstić information content (AvgIpc) is 3.00. The molecule has 3 aromatic rings. The van der Waals surface area contributed by atoms with Crippen molar-refractivity contribution in [3.8, 4) is 5.88 Å². The summed E-state index contributed by atoms with van der Waals surface area (Å²) in [7, 11) is 0. The summed E-state index contributed by atoms with van der Waals surface area (Å²) in [6, 6.07) is 0.364. The number of nitrogens with zero attached hydrogens (tertiary/aromatic N) is 5. The quantitative estimate of drug-likeness (QED) is 0.672. The van der Waals surface area contributed by atoms with E-state index in [0.29, 0.717) is 5.75 Å². The van der Waals surface area contributed by atoms with Gasteiger partial charge in [-0.05, 0) is 6.07 Å². The van der Waals surface area contributed by atoms with E-state index in [9.17, 15) is 23.1 Å². The van der Waals surface area contributed by atoms with Crippen LogP contribution in [0.2, 0.25) is 5.02 Å². The van der Waals surface area contributed by atoms with Gasteiger partial charge in [-0.15, -0.1) is 16.9 Å². The monoisotopic (exact) mass is 403 g/mol. The van der Waals surface area contributed by atoms with E-state index in [2.05, 4.69) is 15.3 Å². The molecule has 0 fully saturated rings. The Labute approximate surface area is 152 Å². The van der Waals surface area contributed by atoms with Crippen molar-refractivity contribution in [2.24, 2.45) is 0 Å². The third-order valence-corrected chi connectivity index (χ3v) is 5.81. The van der Waals surface area contributed by atoms with Crippen molar-refractivity contribution in [2.75, 3.05) is 5.75 Å². The highest BCUT2D eigenvalue weighted by Crippen LogP contribution is 2.46. The van der Waals surface area contributed by atoms with E-state index in [-0.39, 0.29) is 28.4 Å². The molecule has 0 spiro atoms. The lowest BCUT2D eigenvalue weighted by molar-refractivity contribution is -0.137. The summed E-state index contributed by atoms with van der Waals surface area (Å²) in [6.07, 6.45) is -1.65. The minimum atomic E-state index is -4.71. The highest BCUT2D eigenvalue weighted by Gasteiger charge is 2.37. The zero-order valence-corrected chi connectivity index (χ0v) is 14.3. The molecule has 136 valence electrons. The van der Waals surface area contributed by atoms with Crippen LogP contribution in [0.15, 0.2) is 28.2 Å². The molecule has 0 aliphatic carbocycles. The Bertz CT molecular complexity index is 1070. The molecule has 4 rings (SSSR count). The lowest BCUT2D eigenvalue weighted by atomic mass is 10.1. The topological polar surface area (TPSA) is 85.8 Å². The van der Waals surface area contributed by atoms with Crippen LogP contribution in [0.4, 0.5) is 13.2 Å². The highest BCUT2D eigenvalue weighted by molar-refractivity contribution is 7.99. The molecule has 0 radical (unpaired) electrons. The second kappa shape index (κ2) is 5.88. The van der Waals surface area contributed by atoms with Crippen LogP contribution in [-0.4, -0.2) is 35.4 Å². The molecule has 1 aliphatic rings. The normalized spacial score (nSPS) is 17.5. The van der Waals surface area contributed by atoms with Gasteiger partial charge < -0.3 is 5.11 Å². The molecule has 0 amide bonds. The predicted molar refractivity (Wildman–Crippen MR) is 87.5 cm³/mol. The number of halogens is 4. The van der Waals surface area contributed by atoms with E-state index >= 15 is 0 Å². The van der Waals surface area contributed by atoms with Crippen LogP contribution in [-0.2, 0) is 12.7 Å². The van der Waals surface area contributed by atoms with E-state index < -0.39 is 28.3 Å². The molecule has 1 aliphatic heterocycles. The Morgan fingerprint density at radius 1 is 1.38 bits per heavy atom. The number of alkyl halides is 3. The van der Waals surface area contributed by atoms with Gasteiger partial charge in [0.15, 0.2) is 0 Å². The minimum Gasteiger partial charge on any atom is -0.493 e. The van der Waals surface area contributed by atoms with Gasteiger partial charge in [0, 0.05) is 11.9 Å². The molecule has 0 unspecified atom stereocenters. The zero-order chi connectivity index (χ0) is 18.6. The first-order valence-electron chi connectivity index (χ1n) is 7.29. The van der Waals surface area contributed by atoms with E-state index in [0.717, 1.165) is 17.8 Å². The van der Waals surface area contributed by atoms with Crippen molar-refractivity contribution in [1.29, 1.82) is 0 Å². The van der Waals surface area contributed by atoms with Crippen LogP contribution in [0.25, 0.3) is 10.9 Å². The third kappa shape index (κ3) is 2.62. The molecule has 0 bridgehead atoms. The zero-order valence-electron chi connectivity index (χ0n) is 12.7. The Kier molecular flexibility index (Phi) is 3.88. The maximum Gasteiger partial charge on any atom is 0.417 e. The van der Waals surface area contributed by atoms with Gasteiger partial charge >= 0.3 is 11.9 Å². The molecule has 1 atom stereocenters. The van der Waals surface area contributed by atoms with Crippen LogP contribution in [0.5, 0.6) is 5.88 Å². The number of hydrogen-bond acceptors (Lipinski definition) is 6. The van der Waals surface area contributed by atoms with Gasteiger partial charge in [0.25, 0.3) is 0 Å². The Morgan fingerprint density at radius 3 is 2.81 bits per heavy atom. The van der Waals surface area contributed by atoms with Gasteiger partial charge in [0.2, 0.25) is 5.88 Å². The predicted octanol–water partition coefficient (Wildman–Crippen LogP) is 2.71. The fourth-order valence-corrected chi connectivity index (χ4v) is 4.52. The van der Waals surface area contributed by atoms with E-state index in [1.54, 1.807) is 6.20 Å². The number of thioether (sulfide) groups is 1. The van der Waals surface area contributed by atoms with Gasteiger partial charge in [0.1, 0.15) is 0 Å². The van der Waals surface area contributed by atoms with Gasteiger partial charge in [0.05, 0.1) is 45.2 Å². The van der Waals surface area contributed by atoms with Crippen LogP contribution in [0, 0.1) is 0 Å². The Hall–Kier alpha value is -2.27. The second-order valence-electron chi connectivity index (χ2n) is 5.64. The lowest BCUT2D eigenvalue weighted by Gasteiger charge is -2.16. The molecule has 1 N–H and O–H groups in total. The van der Waals surface area contributed by atoms with Crippen molar-refractivity contribution in [2.45, 2.75) is 23.7 Å². The smallest absolute Gasteiger partial charge is 0.417 e. The summed E-state index contributed by atoms with van der Waals surface area (Å²) in [5, 5.41) is 16.9. The largest absolute Gasteiger partial charge is 0.493 e. The van der Waals surface area contributed by atoms with Crippen molar-refractivity contribution >= 4 is 34.3 Å². The van der Waals surface area contributed by atoms with Crippen LogP contribution in [0.3, 0.4) is 0 Å². The van der Waals surface area contributed by atoms with Crippen LogP contribution in [0.1, 0.15) is 11.6 Å². The summed E-state index contributed by atoms with van der Waals surface area (Å²) < 4.78 is 42.7. The SMILES string of the molecule is O=c1nc(O)c2cc(C(F)(F)F)c(Cl)c3c2n1C[C@H](n1ccnn1)CS3. The number of rotatable bonds is 1. The van der Waals surface area contributed by atoms with E-state index in [1.807, 2.05) is 0 Å². The summed E-state index contributed by atoms with van der Waals surface area (Å²) in [6.45, 7) is 0.105. The summed E-state index contributed by atoms with van der Waals surface area (Å²) in [5.41, 5.74) is -1.73. The summed E-state index contributed by atoms with van der Waals surface area (Å²) in [4.78, 5) is 15.8. The van der Waals surface area contributed by atoms with Gasteiger partial charge in [-0.25, -0.2) is 9.48 Å².